The molecular weight excluding hydrogens is 242 g/mol. The van der Waals surface area contributed by atoms with Gasteiger partial charge in [-0.2, -0.15) is 0 Å². The average molecular weight is 263 g/mol. The number of rotatable bonds is 2. The van der Waals surface area contributed by atoms with Crippen LogP contribution in [-0.2, 0) is 0 Å². The molecule has 5 nitrogen and oxygen atoms in total. The van der Waals surface area contributed by atoms with E-state index in [1.165, 1.54) is 0 Å². The van der Waals surface area contributed by atoms with Crippen molar-refractivity contribution in [3.05, 3.63) is 23.8 Å². The lowest BCUT2D eigenvalue weighted by Crippen LogP contribution is -2.50. The van der Waals surface area contributed by atoms with E-state index < -0.39 is 0 Å². The molecule has 0 bridgehead atoms. The van der Waals surface area contributed by atoms with Crippen LogP contribution in [0.15, 0.2) is 18.2 Å². The van der Waals surface area contributed by atoms with Crippen molar-refractivity contribution in [1.29, 1.82) is 0 Å². The summed E-state index contributed by atoms with van der Waals surface area (Å²) in [5.41, 5.74) is 6.15. The number of nitrogens with zero attached hydrogens (tertiary/aromatic N) is 2. The molecule has 2 rings (SSSR count). The van der Waals surface area contributed by atoms with E-state index in [1.54, 1.807) is 23.1 Å². The first-order valence-corrected chi connectivity index (χ1v) is 6.61. The normalized spacial score (nSPS) is 16.9. The molecule has 0 atom stereocenters. The number of carbonyl (C=O) groups excluding carboxylic acids is 1. The van der Waals surface area contributed by atoms with Crippen LogP contribution in [0.1, 0.15) is 24.2 Å². The molecule has 1 aliphatic heterocycles. The van der Waals surface area contributed by atoms with Crippen molar-refractivity contribution in [1.82, 2.24) is 9.80 Å². The molecule has 1 amide bonds. The van der Waals surface area contributed by atoms with Crippen LogP contribution in [0, 0.1) is 0 Å². The number of carbonyl (C=O) groups is 1. The second-order valence-electron chi connectivity index (χ2n) is 5.17. The lowest BCUT2D eigenvalue weighted by molar-refractivity contribution is 0.0593. The van der Waals surface area contributed by atoms with E-state index in [0.717, 1.165) is 13.1 Å². The van der Waals surface area contributed by atoms with Crippen molar-refractivity contribution in [3.8, 4) is 5.75 Å². The zero-order valence-electron chi connectivity index (χ0n) is 11.5. The van der Waals surface area contributed by atoms with Crippen molar-refractivity contribution in [2.45, 2.75) is 19.9 Å². The summed E-state index contributed by atoms with van der Waals surface area (Å²) < 4.78 is 0. The molecule has 0 saturated carbocycles. The van der Waals surface area contributed by atoms with E-state index >= 15 is 0 Å². The molecule has 19 heavy (non-hydrogen) atoms. The molecule has 1 aromatic rings. The van der Waals surface area contributed by atoms with Gasteiger partial charge >= 0.3 is 0 Å². The van der Waals surface area contributed by atoms with Crippen molar-refractivity contribution in [2.75, 3.05) is 31.9 Å². The molecule has 1 aromatic carbocycles. The highest BCUT2D eigenvalue weighted by Gasteiger charge is 2.25. The fraction of sp³-hybridized carbons (Fsp3) is 0.500. The summed E-state index contributed by atoms with van der Waals surface area (Å²) in [5, 5.41) is 9.86. The maximum Gasteiger partial charge on any atom is 0.257 e. The Hall–Kier alpha value is -1.75. The fourth-order valence-electron chi connectivity index (χ4n) is 2.35. The highest BCUT2D eigenvalue weighted by molar-refractivity contribution is 5.98. The Morgan fingerprint density at radius 3 is 2.47 bits per heavy atom. The summed E-state index contributed by atoms with van der Waals surface area (Å²) in [4.78, 5) is 16.4. The minimum absolute atomic E-state index is 0.112. The van der Waals surface area contributed by atoms with Gasteiger partial charge in [0.1, 0.15) is 0 Å². The zero-order chi connectivity index (χ0) is 14.0. The number of benzene rings is 1. The monoisotopic (exact) mass is 263 g/mol. The molecule has 5 heteroatoms. The Morgan fingerprint density at radius 1 is 1.26 bits per heavy atom. The number of phenolic OH excluding ortho intramolecular Hbond substituents is 1. The Kier molecular flexibility index (Phi) is 3.95. The highest BCUT2D eigenvalue weighted by Crippen LogP contribution is 2.26. The van der Waals surface area contributed by atoms with Crippen LogP contribution in [0.25, 0.3) is 0 Å². The van der Waals surface area contributed by atoms with Gasteiger partial charge in [0.15, 0.2) is 5.75 Å². The highest BCUT2D eigenvalue weighted by atomic mass is 16.3. The predicted molar refractivity (Wildman–Crippen MR) is 75.1 cm³/mol. The number of aromatic hydroxyl groups is 1. The Balaban J connectivity index is 2.07. The summed E-state index contributed by atoms with van der Waals surface area (Å²) in [7, 11) is 0. The lowest BCUT2D eigenvalue weighted by Gasteiger charge is -2.37. The Labute approximate surface area is 113 Å². The second-order valence-corrected chi connectivity index (χ2v) is 5.17. The number of hydrogen-bond donors (Lipinski definition) is 2. The second kappa shape index (κ2) is 5.48. The quantitative estimate of drug-likeness (QED) is 0.620. The molecular formula is C14H21N3O2. The topological polar surface area (TPSA) is 69.8 Å². The van der Waals surface area contributed by atoms with Crippen LogP contribution in [0.5, 0.6) is 5.75 Å². The van der Waals surface area contributed by atoms with Crippen LogP contribution in [0.3, 0.4) is 0 Å². The van der Waals surface area contributed by atoms with Crippen molar-refractivity contribution in [2.24, 2.45) is 0 Å². The SMILES string of the molecule is CC(C)N1CCN(C(=O)c2cccc(N)c2O)CC1. The predicted octanol–water partition coefficient (Wildman–Crippen LogP) is 1.14. The lowest BCUT2D eigenvalue weighted by atomic mass is 10.1. The number of nitrogens with two attached hydrogens (primary N) is 1. The minimum atomic E-state index is -0.145. The molecule has 104 valence electrons. The van der Waals surface area contributed by atoms with Gasteiger partial charge in [0.25, 0.3) is 5.91 Å². The maximum absolute atomic E-state index is 12.3. The number of para-hydroxylation sites is 1. The van der Waals surface area contributed by atoms with E-state index in [1.807, 2.05) is 0 Å². The first-order valence-electron chi connectivity index (χ1n) is 6.61. The van der Waals surface area contributed by atoms with Crippen molar-refractivity contribution in [3.63, 3.8) is 0 Å². The molecule has 0 unspecified atom stereocenters. The van der Waals surface area contributed by atoms with E-state index in [-0.39, 0.29) is 22.9 Å². The first kappa shape index (κ1) is 13.7. The van der Waals surface area contributed by atoms with E-state index in [4.69, 9.17) is 5.73 Å². The smallest absolute Gasteiger partial charge is 0.257 e. The third kappa shape index (κ3) is 2.81. The number of piperazine rings is 1. The van der Waals surface area contributed by atoms with Gasteiger partial charge in [-0.15, -0.1) is 0 Å². The van der Waals surface area contributed by atoms with Gasteiger partial charge in [-0.3, -0.25) is 9.69 Å². The third-order valence-corrected chi connectivity index (χ3v) is 3.63. The van der Waals surface area contributed by atoms with Crippen LogP contribution in [0.4, 0.5) is 5.69 Å². The van der Waals surface area contributed by atoms with Gasteiger partial charge in [-0.05, 0) is 26.0 Å². The third-order valence-electron chi connectivity index (χ3n) is 3.63. The number of anilines is 1. The fourth-order valence-corrected chi connectivity index (χ4v) is 2.35. The largest absolute Gasteiger partial charge is 0.505 e. The van der Waals surface area contributed by atoms with E-state index in [0.29, 0.717) is 19.1 Å². The summed E-state index contributed by atoms with van der Waals surface area (Å²) in [6, 6.07) is 5.39. The minimum Gasteiger partial charge on any atom is -0.505 e. The van der Waals surface area contributed by atoms with Gasteiger partial charge in [-0.1, -0.05) is 6.07 Å². The summed E-state index contributed by atoms with van der Waals surface area (Å²) >= 11 is 0. The van der Waals surface area contributed by atoms with Crippen LogP contribution in [0.2, 0.25) is 0 Å². The number of nitrogen functional groups attached to an aromatic ring is 1. The molecule has 0 aromatic heterocycles. The van der Waals surface area contributed by atoms with Gasteiger partial charge in [0, 0.05) is 32.2 Å². The number of amides is 1. The van der Waals surface area contributed by atoms with Gasteiger partial charge < -0.3 is 15.7 Å². The molecule has 0 radical (unpaired) electrons. The van der Waals surface area contributed by atoms with Crippen LogP contribution < -0.4 is 5.73 Å². The molecule has 1 saturated heterocycles. The number of hydrogen-bond acceptors (Lipinski definition) is 4. The van der Waals surface area contributed by atoms with Crippen LogP contribution >= 0.6 is 0 Å². The standard InChI is InChI=1S/C14H21N3O2/c1-10(2)16-6-8-17(9-7-16)14(19)11-4-3-5-12(15)13(11)18/h3-5,10,18H,6-9,15H2,1-2H3. The average Bonchev–Trinajstić information content (AvgIpc) is 2.41. The maximum atomic E-state index is 12.3. The molecule has 1 aliphatic rings. The van der Waals surface area contributed by atoms with E-state index in [9.17, 15) is 9.90 Å². The summed E-state index contributed by atoms with van der Waals surface area (Å²) in [6.45, 7) is 7.41. The molecule has 0 spiro atoms. The van der Waals surface area contributed by atoms with Gasteiger partial charge in [0.05, 0.1) is 11.3 Å². The van der Waals surface area contributed by atoms with Gasteiger partial charge in [-0.25, -0.2) is 0 Å². The summed E-state index contributed by atoms with van der Waals surface area (Å²) in [6.07, 6.45) is 0. The molecule has 1 heterocycles. The van der Waals surface area contributed by atoms with Crippen molar-refractivity contribution >= 4 is 11.6 Å². The molecule has 3 N–H and O–H groups in total. The number of phenols is 1. The first-order chi connectivity index (χ1) is 9.00. The van der Waals surface area contributed by atoms with Crippen molar-refractivity contribution < 1.29 is 9.90 Å². The molecule has 1 fully saturated rings. The van der Waals surface area contributed by atoms with Crippen LogP contribution in [-0.4, -0.2) is 53.0 Å². The molecule has 0 aliphatic carbocycles. The summed E-state index contributed by atoms with van der Waals surface area (Å²) in [5.74, 6) is -0.257. The van der Waals surface area contributed by atoms with Gasteiger partial charge in [0.2, 0.25) is 0 Å². The Morgan fingerprint density at radius 2 is 1.89 bits per heavy atom. The zero-order valence-corrected chi connectivity index (χ0v) is 11.5. The Bertz CT molecular complexity index is 466. The van der Waals surface area contributed by atoms with E-state index in [2.05, 4.69) is 18.7 Å².